The molecule has 0 spiro atoms. The highest BCUT2D eigenvalue weighted by Crippen LogP contribution is 2.20. The third-order valence-corrected chi connectivity index (χ3v) is 4.89. The Labute approximate surface area is 160 Å². The highest BCUT2D eigenvalue weighted by molar-refractivity contribution is 5.97. The Morgan fingerprint density at radius 1 is 1.15 bits per heavy atom. The molecule has 2 aromatic heterocycles. The van der Waals surface area contributed by atoms with Gasteiger partial charge in [-0.15, -0.1) is 10.2 Å². The number of hydrogen-bond donors (Lipinski definition) is 0. The highest BCUT2D eigenvalue weighted by atomic mass is 16.1. The minimum absolute atomic E-state index is 0.00422. The van der Waals surface area contributed by atoms with Crippen molar-refractivity contribution in [1.29, 1.82) is 0 Å². The molecular formula is C21H27N5O. The predicted octanol–water partition coefficient (Wildman–Crippen LogP) is 4.17. The van der Waals surface area contributed by atoms with E-state index in [0.29, 0.717) is 11.7 Å². The van der Waals surface area contributed by atoms with Crippen LogP contribution in [0.25, 0.3) is 11.4 Å². The minimum Gasteiger partial charge on any atom is -0.348 e. The molecule has 0 radical (unpaired) electrons. The van der Waals surface area contributed by atoms with E-state index in [2.05, 4.69) is 52.9 Å². The van der Waals surface area contributed by atoms with Crippen molar-refractivity contribution < 1.29 is 4.79 Å². The fourth-order valence-corrected chi connectivity index (χ4v) is 3.31. The maximum absolute atomic E-state index is 12.7. The summed E-state index contributed by atoms with van der Waals surface area (Å²) >= 11 is 0. The highest BCUT2D eigenvalue weighted by Gasteiger charge is 2.17. The second-order valence-corrected chi connectivity index (χ2v) is 7.28. The Bertz CT molecular complexity index is 934. The van der Waals surface area contributed by atoms with Crippen LogP contribution >= 0.6 is 0 Å². The molecule has 0 amide bonds. The van der Waals surface area contributed by atoms with Gasteiger partial charge in [-0.1, -0.05) is 45.0 Å². The van der Waals surface area contributed by atoms with E-state index < -0.39 is 0 Å². The van der Waals surface area contributed by atoms with Gasteiger partial charge in [-0.3, -0.25) is 4.79 Å². The van der Waals surface area contributed by atoms with Crippen molar-refractivity contribution in [3.05, 3.63) is 52.8 Å². The molecule has 0 aliphatic heterocycles. The van der Waals surface area contributed by atoms with Crippen molar-refractivity contribution in [3.63, 3.8) is 0 Å². The van der Waals surface area contributed by atoms with Gasteiger partial charge in [0.15, 0.2) is 5.78 Å². The SMILES string of the molecule is CCCn1c(C)cc(C(=O)Cn2nnc(-c3ccc(C(C)C)cc3)n2)c1C. The molecule has 6 heteroatoms. The fraction of sp³-hybridized carbons (Fsp3) is 0.429. The molecule has 0 fully saturated rings. The number of carbonyl (C=O) groups excluding carboxylic acids is 1. The summed E-state index contributed by atoms with van der Waals surface area (Å²) in [7, 11) is 0. The van der Waals surface area contributed by atoms with Crippen LogP contribution in [-0.4, -0.2) is 30.6 Å². The number of nitrogens with zero attached hydrogens (tertiary/aromatic N) is 5. The second kappa shape index (κ2) is 7.86. The number of benzene rings is 1. The van der Waals surface area contributed by atoms with Crippen molar-refractivity contribution in [2.75, 3.05) is 0 Å². The molecule has 3 rings (SSSR count). The van der Waals surface area contributed by atoms with Crippen LogP contribution in [0.15, 0.2) is 30.3 Å². The van der Waals surface area contributed by atoms with Gasteiger partial charge in [-0.05, 0) is 43.0 Å². The van der Waals surface area contributed by atoms with E-state index in [1.54, 1.807) is 0 Å². The number of rotatable bonds is 7. The predicted molar refractivity (Wildman–Crippen MR) is 106 cm³/mol. The van der Waals surface area contributed by atoms with E-state index in [0.717, 1.165) is 35.5 Å². The normalized spacial score (nSPS) is 11.3. The topological polar surface area (TPSA) is 65.6 Å². The van der Waals surface area contributed by atoms with Crippen LogP contribution in [0.5, 0.6) is 0 Å². The van der Waals surface area contributed by atoms with E-state index >= 15 is 0 Å². The first-order valence-electron chi connectivity index (χ1n) is 9.48. The lowest BCUT2D eigenvalue weighted by Gasteiger charge is -2.07. The minimum atomic E-state index is 0.00422. The number of carbonyl (C=O) groups is 1. The van der Waals surface area contributed by atoms with Crippen molar-refractivity contribution in [2.45, 2.75) is 60.0 Å². The average molecular weight is 365 g/mol. The van der Waals surface area contributed by atoms with Crippen LogP contribution in [0, 0.1) is 13.8 Å². The molecule has 0 aliphatic carbocycles. The molecule has 0 N–H and O–H groups in total. The van der Waals surface area contributed by atoms with E-state index in [-0.39, 0.29) is 12.3 Å². The van der Waals surface area contributed by atoms with Crippen LogP contribution in [-0.2, 0) is 13.1 Å². The molecule has 27 heavy (non-hydrogen) atoms. The zero-order valence-electron chi connectivity index (χ0n) is 16.7. The molecule has 0 bridgehead atoms. The van der Waals surface area contributed by atoms with Crippen molar-refractivity contribution in [3.8, 4) is 11.4 Å². The molecule has 0 atom stereocenters. The number of tetrazole rings is 1. The van der Waals surface area contributed by atoms with Gasteiger partial charge in [-0.2, -0.15) is 4.80 Å². The quantitative estimate of drug-likeness (QED) is 0.589. The second-order valence-electron chi connectivity index (χ2n) is 7.28. The number of Topliss-reactive ketones (excluding diaryl/α,β-unsaturated/α-hetero) is 1. The van der Waals surface area contributed by atoms with Gasteiger partial charge in [0.25, 0.3) is 0 Å². The number of hydrogen-bond acceptors (Lipinski definition) is 4. The van der Waals surface area contributed by atoms with Gasteiger partial charge in [0.1, 0.15) is 6.54 Å². The Balaban J connectivity index is 1.76. The standard InChI is InChI=1S/C21H27N5O/c1-6-11-25-15(4)12-19(16(25)5)20(27)13-26-23-21(22-24-26)18-9-7-17(8-10-18)14(2)3/h7-10,12,14H,6,11,13H2,1-5H3. The van der Waals surface area contributed by atoms with Gasteiger partial charge < -0.3 is 4.57 Å². The maximum Gasteiger partial charge on any atom is 0.204 e. The van der Waals surface area contributed by atoms with E-state index in [1.165, 1.54) is 10.4 Å². The van der Waals surface area contributed by atoms with Crippen molar-refractivity contribution >= 4 is 5.78 Å². The third kappa shape index (κ3) is 3.99. The Kier molecular flexibility index (Phi) is 5.54. The van der Waals surface area contributed by atoms with Crippen LogP contribution in [0.2, 0.25) is 0 Å². The van der Waals surface area contributed by atoms with Crippen molar-refractivity contribution in [2.24, 2.45) is 0 Å². The molecular weight excluding hydrogens is 338 g/mol. The zero-order valence-corrected chi connectivity index (χ0v) is 16.7. The molecule has 0 saturated heterocycles. The van der Waals surface area contributed by atoms with E-state index in [4.69, 9.17) is 0 Å². The van der Waals surface area contributed by atoms with E-state index in [9.17, 15) is 4.79 Å². The monoisotopic (exact) mass is 365 g/mol. The summed E-state index contributed by atoms with van der Waals surface area (Å²) in [6.45, 7) is 11.5. The lowest BCUT2D eigenvalue weighted by Crippen LogP contribution is -2.14. The molecule has 0 saturated carbocycles. The molecule has 0 unspecified atom stereocenters. The van der Waals surface area contributed by atoms with Gasteiger partial charge in [0, 0.05) is 29.1 Å². The van der Waals surface area contributed by atoms with Crippen LogP contribution in [0.3, 0.4) is 0 Å². The third-order valence-electron chi connectivity index (χ3n) is 4.89. The largest absolute Gasteiger partial charge is 0.348 e. The average Bonchev–Trinajstić information content (AvgIpc) is 3.22. The smallest absolute Gasteiger partial charge is 0.204 e. The number of aromatic nitrogens is 5. The Morgan fingerprint density at radius 3 is 2.48 bits per heavy atom. The molecule has 3 aromatic rings. The van der Waals surface area contributed by atoms with Crippen LogP contribution < -0.4 is 0 Å². The van der Waals surface area contributed by atoms with Crippen molar-refractivity contribution in [1.82, 2.24) is 24.8 Å². The fourth-order valence-electron chi connectivity index (χ4n) is 3.31. The zero-order chi connectivity index (χ0) is 19.6. The first kappa shape index (κ1) is 19.0. The molecule has 142 valence electrons. The van der Waals surface area contributed by atoms with E-state index in [1.807, 2.05) is 32.0 Å². The maximum atomic E-state index is 12.7. The first-order chi connectivity index (χ1) is 12.9. The molecule has 1 aromatic carbocycles. The summed E-state index contributed by atoms with van der Waals surface area (Å²) in [6.07, 6.45) is 1.04. The lowest BCUT2D eigenvalue weighted by atomic mass is 10.0. The van der Waals surface area contributed by atoms with Gasteiger partial charge in [0.2, 0.25) is 5.82 Å². The summed E-state index contributed by atoms with van der Waals surface area (Å²) in [5, 5.41) is 12.5. The molecule has 6 nitrogen and oxygen atoms in total. The van der Waals surface area contributed by atoms with Gasteiger partial charge in [-0.25, -0.2) is 0 Å². The summed E-state index contributed by atoms with van der Waals surface area (Å²) in [6, 6.07) is 10.1. The van der Waals surface area contributed by atoms with Gasteiger partial charge in [0.05, 0.1) is 0 Å². The first-order valence-corrected chi connectivity index (χ1v) is 9.48. The summed E-state index contributed by atoms with van der Waals surface area (Å²) in [5.41, 5.74) is 5.02. The summed E-state index contributed by atoms with van der Waals surface area (Å²) in [5.74, 6) is 1.02. The molecule has 0 aliphatic rings. The van der Waals surface area contributed by atoms with Crippen LogP contribution in [0.1, 0.15) is 60.4 Å². The molecule has 2 heterocycles. The Hall–Kier alpha value is -2.76. The summed E-state index contributed by atoms with van der Waals surface area (Å²) in [4.78, 5) is 14.1. The lowest BCUT2D eigenvalue weighted by molar-refractivity contribution is 0.0960. The number of ketones is 1. The Morgan fingerprint density at radius 2 is 1.85 bits per heavy atom. The number of aryl methyl sites for hydroxylation is 1. The van der Waals surface area contributed by atoms with Gasteiger partial charge >= 0.3 is 0 Å². The summed E-state index contributed by atoms with van der Waals surface area (Å²) < 4.78 is 2.18. The van der Waals surface area contributed by atoms with Crippen LogP contribution in [0.4, 0.5) is 0 Å².